The molecule has 1 aliphatic heterocycles. The minimum Gasteiger partial charge on any atom is -0.476 e. The first-order valence-corrected chi connectivity index (χ1v) is 8.56. The number of rotatable bonds is 5. The maximum Gasteiger partial charge on any atom is 0.356 e. The lowest BCUT2D eigenvalue weighted by atomic mass is 9.97. The van der Waals surface area contributed by atoms with Crippen molar-refractivity contribution in [3.63, 3.8) is 0 Å². The van der Waals surface area contributed by atoms with Crippen molar-refractivity contribution in [1.29, 1.82) is 0 Å². The standard InChI is InChI=1S/C19H23N3O3/c1-12-6-8-14(9-7-12)17-5-3-4-15(25-17)10-20-16-11-21-22-18(13(16)2)19(23)24/h6-9,11,15,17H,3-5,10H2,1-2H3,(H,20,22)(H,23,24)/t15-,17+/m1/s1. The highest BCUT2D eigenvalue weighted by atomic mass is 16.5. The molecule has 0 bridgehead atoms. The molecule has 2 aromatic rings. The van der Waals surface area contributed by atoms with E-state index in [-0.39, 0.29) is 17.9 Å². The van der Waals surface area contributed by atoms with Crippen LogP contribution in [0.5, 0.6) is 0 Å². The van der Waals surface area contributed by atoms with Crippen LogP contribution in [0.25, 0.3) is 0 Å². The van der Waals surface area contributed by atoms with Gasteiger partial charge >= 0.3 is 5.97 Å². The number of anilines is 1. The van der Waals surface area contributed by atoms with E-state index in [0.717, 1.165) is 19.3 Å². The van der Waals surface area contributed by atoms with E-state index in [4.69, 9.17) is 9.84 Å². The molecule has 0 amide bonds. The van der Waals surface area contributed by atoms with Crippen molar-refractivity contribution >= 4 is 11.7 Å². The molecule has 0 radical (unpaired) electrons. The summed E-state index contributed by atoms with van der Waals surface area (Å²) >= 11 is 0. The van der Waals surface area contributed by atoms with Gasteiger partial charge in [0.05, 0.1) is 24.1 Å². The Bertz CT molecular complexity index is 746. The van der Waals surface area contributed by atoms with Crippen molar-refractivity contribution in [2.24, 2.45) is 0 Å². The van der Waals surface area contributed by atoms with Crippen LogP contribution in [0.15, 0.2) is 30.5 Å². The van der Waals surface area contributed by atoms with Crippen LogP contribution in [0.4, 0.5) is 5.69 Å². The van der Waals surface area contributed by atoms with Gasteiger partial charge in [-0.05, 0) is 38.7 Å². The zero-order valence-corrected chi connectivity index (χ0v) is 14.5. The van der Waals surface area contributed by atoms with Gasteiger partial charge in [0.1, 0.15) is 0 Å². The summed E-state index contributed by atoms with van der Waals surface area (Å²) in [5.41, 5.74) is 3.71. The summed E-state index contributed by atoms with van der Waals surface area (Å²) in [7, 11) is 0. The van der Waals surface area contributed by atoms with Crippen LogP contribution >= 0.6 is 0 Å². The summed E-state index contributed by atoms with van der Waals surface area (Å²) in [6.45, 7) is 4.43. The quantitative estimate of drug-likeness (QED) is 0.866. The van der Waals surface area contributed by atoms with Crippen LogP contribution in [-0.2, 0) is 4.74 Å². The molecule has 1 fully saturated rings. The molecule has 2 N–H and O–H groups in total. The number of carboxylic acids is 1. The molecular formula is C19H23N3O3. The molecule has 1 aromatic heterocycles. The molecule has 0 unspecified atom stereocenters. The summed E-state index contributed by atoms with van der Waals surface area (Å²) in [6.07, 6.45) is 4.88. The maximum atomic E-state index is 11.1. The Kier molecular flexibility index (Phi) is 5.28. The van der Waals surface area contributed by atoms with Crippen LogP contribution < -0.4 is 5.32 Å². The fourth-order valence-electron chi connectivity index (χ4n) is 3.12. The van der Waals surface area contributed by atoms with Gasteiger partial charge in [0.2, 0.25) is 0 Å². The normalized spacial score (nSPS) is 20.2. The lowest BCUT2D eigenvalue weighted by Gasteiger charge is -2.31. The van der Waals surface area contributed by atoms with Crippen LogP contribution in [-0.4, -0.2) is 33.9 Å². The number of aromatic carboxylic acids is 1. The highest BCUT2D eigenvalue weighted by Gasteiger charge is 2.24. The van der Waals surface area contributed by atoms with Gasteiger partial charge in [-0.25, -0.2) is 4.79 Å². The van der Waals surface area contributed by atoms with Gasteiger partial charge in [0, 0.05) is 12.1 Å². The minimum atomic E-state index is -1.07. The Morgan fingerprint density at radius 1 is 1.28 bits per heavy atom. The summed E-state index contributed by atoms with van der Waals surface area (Å²) in [4.78, 5) is 11.1. The summed E-state index contributed by atoms with van der Waals surface area (Å²) in [5, 5.41) is 19.8. The fourth-order valence-corrected chi connectivity index (χ4v) is 3.12. The third kappa shape index (κ3) is 4.14. The van der Waals surface area contributed by atoms with Crippen molar-refractivity contribution in [3.05, 3.63) is 52.8 Å². The Hall–Kier alpha value is -2.47. The van der Waals surface area contributed by atoms with E-state index in [0.29, 0.717) is 17.8 Å². The van der Waals surface area contributed by atoms with Gasteiger partial charge < -0.3 is 15.2 Å². The Morgan fingerprint density at radius 2 is 2.04 bits per heavy atom. The smallest absolute Gasteiger partial charge is 0.356 e. The summed E-state index contributed by atoms with van der Waals surface area (Å²) in [5.74, 6) is -1.07. The Balaban J connectivity index is 1.63. The number of aromatic nitrogens is 2. The molecule has 2 atom stereocenters. The van der Waals surface area contributed by atoms with Crippen molar-refractivity contribution < 1.29 is 14.6 Å². The van der Waals surface area contributed by atoms with Crippen molar-refractivity contribution in [3.8, 4) is 0 Å². The first kappa shape index (κ1) is 17.4. The second-order valence-corrected chi connectivity index (χ2v) is 6.51. The number of carboxylic acid groups (broad SMARTS) is 1. The van der Waals surface area contributed by atoms with Gasteiger partial charge in [-0.15, -0.1) is 5.10 Å². The molecule has 0 spiro atoms. The zero-order chi connectivity index (χ0) is 17.8. The van der Waals surface area contributed by atoms with Gasteiger partial charge in [-0.1, -0.05) is 29.8 Å². The predicted molar refractivity (Wildman–Crippen MR) is 94.9 cm³/mol. The zero-order valence-electron chi connectivity index (χ0n) is 14.5. The second kappa shape index (κ2) is 7.61. The van der Waals surface area contributed by atoms with E-state index in [9.17, 15) is 4.79 Å². The van der Waals surface area contributed by atoms with E-state index < -0.39 is 5.97 Å². The van der Waals surface area contributed by atoms with Gasteiger partial charge in [-0.2, -0.15) is 5.10 Å². The molecule has 0 aliphatic carbocycles. The Labute approximate surface area is 147 Å². The molecule has 1 saturated heterocycles. The molecule has 6 nitrogen and oxygen atoms in total. The highest BCUT2D eigenvalue weighted by Crippen LogP contribution is 2.31. The van der Waals surface area contributed by atoms with E-state index in [1.54, 1.807) is 13.1 Å². The van der Waals surface area contributed by atoms with E-state index >= 15 is 0 Å². The second-order valence-electron chi connectivity index (χ2n) is 6.51. The molecule has 1 aliphatic rings. The fraction of sp³-hybridized carbons (Fsp3) is 0.421. The maximum absolute atomic E-state index is 11.1. The molecular weight excluding hydrogens is 318 g/mol. The number of hydrogen-bond donors (Lipinski definition) is 2. The molecule has 2 heterocycles. The number of hydrogen-bond acceptors (Lipinski definition) is 5. The van der Waals surface area contributed by atoms with Gasteiger partial charge in [0.25, 0.3) is 0 Å². The monoisotopic (exact) mass is 341 g/mol. The lowest BCUT2D eigenvalue weighted by Crippen LogP contribution is -2.29. The average molecular weight is 341 g/mol. The predicted octanol–water partition coefficient (Wildman–Crippen LogP) is 3.51. The van der Waals surface area contributed by atoms with Crippen LogP contribution in [0.3, 0.4) is 0 Å². The number of nitrogens with one attached hydrogen (secondary N) is 1. The van der Waals surface area contributed by atoms with Crippen LogP contribution in [0, 0.1) is 13.8 Å². The Morgan fingerprint density at radius 3 is 2.76 bits per heavy atom. The molecule has 132 valence electrons. The minimum absolute atomic E-state index is 0.0212. The summed E-state index contributed by atoms with van der Waals surface area (Å²) in [6, 6.07) is 8.48. The van der Waals surface area contributed by atoms with Gasteiger partial charge in [0.15, 0.2) is 5.69 Å². The van der Waals surface area contributed by atoms with Crippen molar-refractivity contribution in [2.75, 3.05) is 11.9 Å². The van der Waals surface area contributed by atoms with E-state index in [2.05, 4.69) is 46.7 Å². The lowest BCUT2D eigenvalue weighted by molar-refractivity contribution is -0.0442. The third-order valence-electron chi connectivity index (χ3n) is 4.62. The highest BCUT2D eigenvalue weighted by molar-refractivity contribution is 5.88. The molecule has 0 saturated carbocycles. The van der Waals surface area contributed by atoms with Gasteiger partial charge in [-0.3, -0.25) is 0 Å². The molecule has 3 rings (SSSR count). The molecule has 6 heteroatoms. The summed E-state index contributed by atoms with van der Waals surface area (Å²) < 4.78 is 6.24. The first-order chi connectivity index (χ1) is 12.0. The van der Waals surface area contributed by atoms with Crippen LogP contribution in [0.1, 0.15) is 52.5 Å². The largest absolute Gasteiger partial charge is 0.476 e. The topological polar surface area (TPSA) is 84.3 Å². The van der Waals surface area contributed by atoms with E-state index in [1.807, 2.05) is 0 Å². The van der Waals surface area contributed by atoms with E-state index in [1.165, 1.54) is 11.1 Å². The average Bonchev–Trinajstić information content (AvgIpc) is 2.61. The van der Waals surface area contributed by atoms with Crippen molar-refractivity contribution in [2.45, 2.75) is 45.3 Å². The SMILES string of the molecule is Cc1ccc([C@@H]2CCC[C@H](CNc3cnnc(C(=O)O)c3C)O2)cc1. The first-order valence-electron chi connectivity index (χ1n) is 8.56. The van der Waals surface area contributed by atoms with Crippen LogP contribution in [0.2, 0.25) is 0 Å². The molecule has 1 aromatic carbocycles. The number of ether oxygens (including phenoxy) is 1. The third-order valence-corrected chi connectivity index (χ3v) is 4.62. The number of nitrogens with zero attached hydrogens (tertiary/aromatic N) is 2. The van der Waals surface area contributed by atoms with Crippen molar-refractivity contribution in [1.82, 2.24) is 10.2 Å². The number of benzene rings is 1. The molecule has 25 heavy (non-hydrogen) atoms. The number of aryl methyl sites for hydroxylation is 1. The number of carbonyl (C=O) groups is 1.